The number of carbonyl (C=O) groups is 1. The van der Waals surface area contributed by atoms with Crippen LogP contribution in [0.4, 0.5) is 0 Å². The van der Waals surface area contributed by atoms with Gasteiger partial charge < -0.3 is 9.53 Å². The lowest BCUT2D eigenvalue weighted by Crippen LogP contribution is -2.02. The molecular weight excluding hydrogens is 188 g/mol. The molecule has 0 amide bonds. The maximum absolute atomic E-state index is 10.5. The normalized spacial score (nSPS) is 12.5. The molecule has 70 valence electrons. The number of carbonyl (C=O) groups excluding carboxylic acids is 1. The maximum atomic E-state index is 10.5. The fourth-order valence-corrected chi connectivity index (χ4v) is 1.24. The molecule has 1 rings (SSSR count). The summed E-state index contributed by atoms with van der Waals surface area (Å²) in [6, 6.07) is 7.47. The summed E-state index contributed by atoms with van der Waals surface area (Å²) in [4.78, 5) is 10.5. The van der Waals surface area contributed by atoms with E-state index in [0.29, 0.717) is 5.88 Å². The average molecular weight is 199 g/mol. The summed E-state index contributed by atoms with van der Waals surface area (Å²) in [5.74, 6) is 0.485. The Morgan fingerprint density at radius 2 is 2.08 bits per heavy atom. The third-order valence-electron chi connectivity index (χ3n) is 1.84. The van der Waals surface area contributed by atoms with Gasteiger partial charge in [-0.3, -0.25) is 0 Å². The van der Waals surface area contributed by atoms with Gasteiger partial charge in [0.1, 0.15) is 6.10 Å². The molecule has 13 heavy (non-hydrogen) atoms. The summed E-state index contributed by atoms with van der Waals surface area (Å²) < 4.78 is 4.96. The standard InChI is InChI=1S/C10H11ClO2/c1-13-10(7-12)9-4-2-8(6-11)3-5-9/h2-5,7,10H,6H2,1H3. The van der Waals surface area contributed by atoms with Gasteiger partial charge in [0.25, 0.3) is 0 Å². The number of rotatable bonds is 4. The predicted molar refractivity (Wildman–Crippen MR) is 51.8 cm³/mol. The summed E-state index contributed by atoms with van der Waals surface area (Å²) >= 11 is 5.63. The summed E-state index contributed by atoms with van der Waals surface area (Å²) in [6.45, 7) is 0. The fourth-order valence-electron chi connectivity index (χ4n) is 1.07. The van der Waals surface area contributed by atoms with Gasteiger partial charge in [0, 0.05) is 13.0 Å². The molecule has 0 saturated carbocycles. The average Bonchev–Trinajstić information content (AvgIpc) is 2.21. The molecule has 3 heteroatoms. The van der Waals surface area contributed by atoms with E-state index >= 15 is 0 Å². The van der Waals surface area contributed by atoms with E-state index in [1.165, 1.54) is 7.11 Å². The van der Waals surface area contributed by atoms with E-state index in [9.17, 15) is 4.79 Å². The van der Waals surface area contributed by atoms with Gasteiger partial charge in [-0.15, -0.1) is 11.6 Å². The van der Waals surface area contributed by atoms with Gasteiger partial charge in [-0.1, -0.05) is 24.3 Å². The molecule has 0 aromatic heterocycles. The lowest BCUT2D eigenvalue weighted by Gasteiger charge is -2.08. The van der Waals surface area contributed by atoms with Crippen LogP contribution in [-0.2, 0) is 15.4 Å². The van der Waals surface area contributed by atoms with Crippen LogP contribution in [0.3, 0.4) is 0 Å². The molecule has 1 aromatic rings. The van der Waals surface area contributed by atoms with Crippen molar-refractivity contribution in [2.75, 3.05) is 7.11 Å². The van der Waals surface area contributed by atoms with Crippen LogP contribution in [0.5, 0.6) is 0 Å². The second kappa shape index (κ2) is 5.00. The van der Waals surface area contributed by atoms with Crippen molar-refractivity contribution in [3.05, 3.63) is 35.4 Å². The van der Waals surface area contributed by atoms with Crippen molar-refractivity contribution in [3.63, 3.8) is 0 Å². The highest BCUT2D eigenvalue weighted by molar-refractivity contribution is 6.17. The van der Waals surface area contributed by atoms with Crippen molar-refractivity contribution in [3.8, 4) is 0 Å². The van der Waals surface area contributed by atoms with Crippen LogP contribution in [0.2, 0.25) is 0 Å². The van der Waals surface area contributed by atoms with Crippen LogP contribution in [0.15, 0.2) is 24.3 Å². The number of ether oxygens (including phenoxy) is 1. The Bertz CT molecular complexity index is 269. The number of aldehydes is 1. The quantitative estimate of drug-likeness (QED) is 0.548. The van der Waals surface area contributed by atoms with Gasteiger partial charge in [-0.2, -0.15) is 0 Å². The number of hydrogen-bond donors (Lipinski definition) is 0. The van der Waals surface area contributed by atoms with Crippen LogP contribution in [-0.4, -0.2) is 13.4 Å². The van der Waals surface area contributed by atoms with Gasteiger partial charge in [-0.25, -0.2) is 0 Å². The van der Waals surface area contributed by atoms with Crippen molar-refractivity contribution in [2.45, 2.75) is 12.0 Å². The minimum absolute atomic E-state index is 0.468. The van der Waals surface area contributed by atoms with E-state index in [1.807, 2.05) is 24.3 Å². The zero-order valence-corrected chi connectivity index (χ0v) is 8.12. The minimum atomic E-state index is -0.468. The molecule has 0 aliphatic rings. The van der Waals surface area contributed by atoms with Crippen LogP contribution in [0.25, 0.3) is 0 Å². The molecule has 0 saturated heterocycles. The molecule has 0 heterocycles. The van der Waals surface area contributed by atoms with E-state index in [0.717, 1.165) is 17.4 Å². The third kappa shape index (κ3) is 2.54. The van der Waals surface area contributed by atoms with E-state index in [2.05, 4.69) is 0 Å². The van der Waals surface area contributed by atoms with Crippen LogP contribution < -0.4 is 0 Å². The van der Waals surface area contributed by atoms with E-state index in [1.54, 1.807) is 0 Å². The SMILES string of the molecule is COC(C=O)c1ccc(CCl)cc1. The highest BCUT2D eigenvalue weighted by atomic mass is 35.5. The molecule has 1 aromatic carbocycles. The Morgan fingerprint density at radius 1 is 1.46 bits per heavy atom. The maximum Gasteiger partial charge on any atom is 0.153 e. The second-order valence-electron chi connectivity index (χ2n) is 2.67. The van der Waals surface area contributed by atoms with Crippen molar-refractivity contribution in [2.24, 2.45) is 0 Å². The monoisotopic (exact) mass is 198 g/mol. The number of hydrogen-bond acceptors (Lipinski definition) is 2. The molecule has 2 nitrogen and oxygen atoms in total. The summed E-state index contributed by atoms with van der Waals surface area (Å²) in [5.41, 5.74) is 1.89. The van der Waals surface area contributed by atoms with Crippen LogP contribution in [0.1, 0.15) is 17.2 Å². The minimum Gasteiger partial charge on any atom is -0.369 e. The second-order valence-corrected chi connectivity index (χ2v) is 2.93. The smallest absolute Gasteiger partial charge is 0.153 e. The zero-order chi connectivity index (χ0) is 9.68. The Labute approximate surface area is 82.5 Å². The molecule has 0 radical (unpaired) electrons. The van der Waals surface area contributed by atoms with Gasteiger partial charge in [0.2, 0.25) is 0 Å². The number of methoxy groups -OCH3 is 1. The molecule has 0 N–H and O–H groups in total. The highest BCUT2D eigenvalue weighted by Crippen LogP contribution is 2.15. The fraction of sp³-hybridized carbons (Fsp3) is 0.300. The Balaban J connectivity index is 2.83. The topological polar surface area (TPSA) is 26.3 Å². The predicted octanol–water partition coefficient (Wildman–Crippen LogP) is 2.31. The van der Waals surface area contributed by atoms with Gasteiger partial charge in [0.05, 0.1) is 0 Å². The van der Waals surface area contributed by atoms with Crippen molar-refractivity contribution in [1.82, 2.24) is 0 Å². The molecule has 0 spiro atoms. The number of benzene rings is 1. The third-order valence-corrected chi connectivity index (χ3v) is 2.15. The first kappa shape index (κ1) is 10.2. The van der Waals surface area contributed by atoms with E-state index in [4.69, 9.17) is 16.3 Å². The first-order valence-electron chi connectivity index (χ1n) is 3.94. The Morgan fingerprint density at radius 3 is 2.46 bits per heavy atom. The molecule has 1 unspecified atom stereocenters. The highest BCUT2D eigenvalue weighted by Gasteiger charge is 2.07. The van der Waals surface area contributed by atoms with Crippen LogP contribution in [0, 0.1) is 0 Å². The largest absolute Gasteiger partial charge is 0.369 e. The van der Waals surface area contributed by atoms with Crippen molar-refractivity contribution >= 4 is 17.9 Å². The molecule has 0 aliphatic heterocycles. The Hall–Kier alpha value is -0.860. The van der Waals surface area contributed by atoms with Crippen LogP contribution >= 0.6 is 11.6 Å². The summed E-state index contributed by atoms with van der Waals surface area (Å²) in [5, 5.41) is 0. The summed E-state index contributed by atoms with van der Waals surface area (Å²) in [7, 11) is 1.51. The number of halogens is 1. The van der Waals surface area contributed by atoms with Crippen molar-refractivity contribution < 1.29 is 9.53 Å². The lowest BCUT2D eigenvalue weighted by molar-refractivity contribution is -0.116. The van der Waals surface area contributed by atoms with Gasteiger partial charge in [-0.05, 0) is 11.1 Å². The molecule has 0 fully saturated rings. The number of alkyl halides is 1. The Kier molecular flexibility index (Phi) is 3.93. The van der Waals surface area contributed by atoms with E-state index < -0.39 is 6.10 Å². The van der Waals surface area contributed by atoms with Crippen molar-refractivity contribution in [1.29, 1.82) is 0 Å². The first-order valence-corrected chi connectivity index (χ1v) is 4.48. The van der Waals surface area contributed by atoms with E-state index in [-0.39, 0.29) is 0 Å². The summed E-state index contributed by atoms with van der Waals surface area (Å²) in [6.07, 6.45) is 0.305. The molecular formula is C10H11ClO2. The molecule has 0 aliphatic carbocycles. The zero-order valence-electron chi connectivity index (χ0n) is 7.37. The van der Waals surface area contributed by atoms with Gasteiger partial charge >= 0.3 is 0 Å². The molecule has 1 atom stereocenters. The van der Waals surface area contributed by atoms with Gasteiger partial charge in [0.15, 0.2) is 6.29 Å². The lowest BCUT2D eigenvalue weighted by atomic mass is 10.1. The molecule has 0 bridgehead atoms. The first-order chi connectivity index (χ1) is 6.31.